The van der Waals surface area contributed by atoms with E-state index in [1.165, 1.54) is 16.7 Å². The smallest absolute Gasteiger partial charge is 0.220 e. The van der Waals surface area contributed by atoms with Gasteiger partial charge in [-0.3, -0.25) is 4.79 Å². The third kappa shape index (κ3) is 6.13. The molecule has 0 heterocycles. The molecule has 1 rings (SSSR count). The summed E-state index contributed by atoms with van der Waals surface area (Å²) in [6.45, 7) is 10.5. The summed E-state index contributed by atoms with van der Waals surface area (Å²) in [5.74, 6) is 0.483. The first-order valence-electron chi connectivity index (χ1n) is 7.92. The third-order valence-corrected chi connectivity index (χ3v) is 3.50. The quantitative estimate of drug-likeness (QED) is 0.701. The Morgan fingerprint density at radius 3 is 2.55 bits per heavy atom. The van der Waals surface area contributed by atoms with Gasteiger partial charge in [0.15, 0.2) is 0 Å². The minimum Gasteiger partial charge on any atom is -0.356 e. The van der Waals surface area contributed by atoms with Gasteiger partial charge in [-0.05, 0) is 42.9 Å². The molecule has 0 spiro atoms. The van der Waals surface area contributed by atoms with Gasteiger partial charge in [0.2, 0.25) is 5.91 Å². The molecule has 118 valence electrons. The fraction of sp³-hybridized carbons (Fsp3) is 0.350. The number of nitrogens with one attached hydrogen (secondary N) is 1. The van der Waals surface area contributed by atoms with E-state index < -0.39 is 0 Å². The van der Waals surface area contributed by atoms with Gasteiger partial charge in [-0.2, -0.15) is 0 Å². The molecule has 0 aliphatic heterocycles. The van der Waals surface area contributed by atoms with Crippen molar-refractivity contribution < 1.29 is 4.79 Å². The second kappa shape index (κ2) is 9.78. The van der Waals surface area contributed by atoms with Gasteiger partial charge >= 0.3 is 0 Å². The van der Waals surface area contributed by atoms with Crippen LogP contribution in [-0.4, -0.2) is 12.5 Å². The molecule has 0 radical (unpaired) electrons. The molecule has 0 aliphatic rings. The van der Waals surface area contributed by atoms with Gasteiger partial charge in [0.25, 0.3) is 0 Å². The predicted octanol–water partition coefficient (Wildman–Crippen LogP) is 4.54. The van der Waals surface area contributed by atoms with Crippen LogP contribution in [0.15, 0.2) is 55.1 Å². The van der Waals surface area contributed by atoms with Crippen molar-refractivity contribution in [2.75, 3.05) is 6.54 Å². The molecule has 0 aromatic heterocycles. The first kappa shape index (κ1) is 18.0. The van der Waals surface area contributed by atoms with E-state index in [1.54, 1.807) is 6.08 Å². The van der Waals surface area contributed by atoms with Gasteiger partial charge in [-0.15, -0.1) is 0 Å². The predicted molar refractivity (Wildman–Crippen MR) is 95.6 cm³/mol. The number of allylic oxidation sites excluding steroid dienone is 5. The summed E-state index contributed by atoms with van der Waals surface area (Å²) < 4.78 is 0. The van der Waals surface area contributed by atoms with Crippen molar-refractivity contribution in [2.24, 2.45) is 5.92 Å². The van der Waals surface area contributed by atoms with Crippen LogP contribution in [0.3, 0.4) is 0 Å². The lowest BCUT2D eigenvalue weighted by atomic mass is 9.95. The van der Waals surface area contributed by atoms with Crippen molar-refractivity contribution in [1.29, 1.82) is 0 Å². The summed E-state index contributed by atoms with van der Waals surface area (Å²) in [5.41, 5.74) is 3.64. The Kier molecular flexibility index (Phi) is 7.98. The maximum atomic E-state index is 11.6. The van der Waals surface area contributed by atoms with Crippen LogP contribution in [0, 0.1) is 5.92 Å². The molecule has 1 aromatic rings. The van der Waals surface area contributed by atoms with Crippen molar-refractivity contribution in [1.82, 2.24) is 5.32 Å². The van der Waals surface area contributed by atoms with Crippen molar-refractivity contribution in [3.8, 4) is 0 Å². The summed E-state index contributed by atoms with van der Waals surface area (Å²) in [6.07, 6.45) is 9.37. The van der Waals surface area contributed by atoms with Gasteiger partial charge in [0.1, 0.15) is 0 Å². The summed E-state index contributed by atoms with van der Waals surface area (Å²) >= 11 is 0. The first-order chi connectivity index (χ1) is 10.6. The molecule has 0 saturated carbocycles. The van der Waals surface area contributed by atoms with Crippen LogP contribution < -0.4 is 5.32 Å². The molecule has 0 fully saturated rings. The lowest BCUT2D eigenvalue weighted by Gasteiger charge is -2.12. The molecular weight excluding hydrogens is 270 g/mol. The average molecular weight is 297 g/mol. The molecule has 2 nitrogen and oxygen atoms in total. The zero-order valence-corrected chi connectivity index (χ0v) is 13.9. The van der Waals surface area contributed by atoms with Crippen molar-refractivity contribution >= 4 is 11.5 Å². The molecule has 1 amide bonds. The van der Waals surface area contributed by atoms with E-state index in [-0.39, 0.29) is 5.91 Å². The van der Waals surface area contributed by atoms with Crippen LogP contribution >= 0.6 is 0 Å². The molecule has 1 N–H and O–H groups in total. The molecule has 2 heteroatoms. The minimum absolute atomic E-state index is 0.136. The topological polar surface area (TPSA) is 29.1 Å². The van der Waals surface area contributed by atoms with Gasteiger partial charge in [-0.25, -0.2) is 0 Å². The SMILES string of the molecule is C=C/C=C\C(=C/C)c1ccc(CC(C)CC(=O)NCC)cc1. The molecule has 1 atom stereocenters. The first-order valence-corrected chi connectivity index (χ1v) is 7.92. The zero-order chi connectivity index (χ0) is 16.4. The fourth-order valence-corrected chi connectivity index (χ4v) is 2.42. The van der Waals surface area contributed by atoms with Gasteiger partial charge in [-0.1, -0.05) is 62.1 Å². The van der Waals surface area contributed by atoms with Crippen LogP contribution in [-0.2, 0) is 11.2 Å². The Hall–Kier alpha value is -2.09. The Morgan fingerprint density at radius 1 is 1.32 bits per heavy atom. The van der Waals surface area contributed by atoms with Gasteiger partial charge in [0.05, 0.1) is 0 Å². The highest BCUT2D eigenvalue weighted by Crippen LogP contribution is 2.19. The van der Waals surface area contributed by atoms with E-state index in [1.807, 2.05) is 19.9 Å². The number of rotatable bonds is 8. The van der Waals surface area contributed by atoms with Crippen LogP contribution in [0.5, 0.6) is 0 Å². The average Bonchev–Trinajstić information content (AvgIpc) is 2.49. The number of hydrogen-bond donors (Lipinski definition) is 1. The second-order valence-corrected chi connectivity index (χ2v) is 5.50. The number of carbonyl (C=O) groups excluding carboxylic acids is 1. The van der Waals surface area contributed by atoms with Crippen molar-refractivity contribution in [3.05, 3.63) is 66.3 Å². The third-order valence-electron chi connectivity index (χ3n) is 3.50. The molecule has 0 saturated heterocycles. The number of amides is 1. The van der Waals surface area contributed by atoms with Crippen molar-refractivity contribution in [3.63, 3.8) is 0 Å². The standard InChI is InChI=1S/C20H27NO/c1-5-8-9-18(6-2)19-12-10-17(11-13-19)14-16(4)15-20(22)21-7-3/h5-6,8-13,16H,1,7,14-15H2,2-4H3,(H,21,22)/b9-8-,18-6+. The monoisotopic (exact) mass is 297 g/mol. The molecule has 22 heavy (non-hydrogen) atoms. The van der Waals surface area contributed by atoms with E-state index in [2.05, 4.69) is 55.2 Å². The Labute approximate surface area is 134 Å². The van der Waals surface area contributed by atoms with E-state index in [9.17, 15) is 4.79 Å². The maximum absolute atomic E-state index is 11.6. The summed E-state index contributed by atoms with van der Waals surface area (Å²) in [5, 5.41) is 2.85. The van der Waals surface area contributed by atoms with Gasteiger partial charge < -0.3 is 5.32 Å². The normalized spacial score (nSPS) is 13.1. The number of hydrogen-bond acceptors (Lipinski definition) is 1. The molecule has 1 unspecified atom stereocenters. The summed E-state index contributed by atoms with van der Waals surface area (Å²) in [7, 11) is 0. The Morgan fingerprint density at radius 2 is 2.00 bits per heavy atom. The van der Waals surface area contributed by atoms with E-state index in [0.29, 0.717) is 18.9 Å². The minimum atomic E-state index is 0.136. The molecule has 0 bridgehead atoms. The van der Waals surface area contributed by atoms with E-state index in [0.717, 1.165) is 6.42 Å². The van der Waals surface area contributed by atoms with Crippen LogP contribution in [0.4, 0.5) is 0 Å². The Bertz CT molecular complexity index is 537. The summed E-state index contributed by atoms with van der Waals surface area (Å²) in [6, 6.07) is 8.57. The van der Waals surface area contributed by atoms with Crippen LogP contribution in [0.2, 0.25) is 0 Å². The second-order valence-electron chi connectivity index (χ2n) is 5.50. The lowest BCUT2D eigenvalue weighted by Crippen LogP contribution is -2.24. The molecule has 1 aromatic carbocycles. The maximum Gasteiger partial charge on any atom is 0.220 e. The highest BCUT2D eigenvalue weighted by atomic mass is 16.1. The van der Waals surface area contributed by atoms with Crippen molar-refractivity contribution in [2.45, 2.75) is 33.6 Å². The number of benzene rings is 1. The highest BCUT2D eigenvalue weighted by Gasteiger charge is 2.09. The zero-order valence-electron chi connectivity index (χ0n) is 13.9. The fourth-order valence-electron chi connectivity index (χ4n) is 2.42. The molecule has 0 aliphatic carbocycles. The molecular formula is C20H27NO. The lowest BCUT2D eigenvalue weighted by molar-refractivity contribution is -0.121. The Balaban J connectivity index is 2.66. The highest BCUT2D eigenvalue weighted by molar-refractivity contribution is 5.76. The number of carbonyl (C=O) groups is 1. The van der Waals surface area contributed by atoms with E-state index in [4.69, 9.17) is 0 Å². The van der Waals surface area contributed by atoms with E-state index >= 15 is 0 Å². The van der Waals surface area contributed by atoms with Crippen LogP contribution in [0.25, 0.3) is 5.57 Å². The van der Waals surface area contributed by atoms with Crippen LogP contribution in [0.1, 0.15) is 38.3 Å². The van der Waals surface area contributed by atoms with Gasteiger partial charge in [0, 0.05) is 13.0 Å². The largest absolute Gasteiger partial charge is 0.356 e. The summed E-state index contributed by atoms with van der Waals surface area (Å²) in [4.78, 5) is 11.6.